The highest BCUT2D eigenvalue weighted by molar-refractivity contribution is 7.64. The molecule has 0 aliphatic rings. The van der Waals surface area contributed by atoms with Crippen molar-refractivity contribution >= 4 is 57.3 Å². The molecular formula is C15H15Cl3FO4Si-. The summed E-state index contributed by atoms with van der Waals surface area (Å²) in [6.07, 6.45) is 4.07. The van der Waals surface area contributed by atoms with Crippen LogP contribution in [0, 0.1) is 5.82 Å². The number of esters is 1. The Labute approximate surface area is 154 Å². The van der Waals surface area contributed by atoms with Crippen LogP contribution < -0.4 is 9.84 Å². The van der Waals surface area contributed by atoms with E-state index in [1.54, 1.807) is 0 Å². The molecule has 0 saturated carbocycles. The first-order valence-electron chi connectivity index (χ1n) is 7.13. The second-order valence-electron chi connectivity index (χ2n) is 4.99. The van der Waals surface area contributed by atoms with Crippen LogP contribution in [0.15, 0.2) is 24.3 Å². The van der Waals surface area contributed by atoms with Crippen molar-refractivity contribution in [2.45, 2.75) is 31.7 Å². The number of rotatable bonds is 9. The largest absolute Gasteiger partial charge is 0.545 e. The Balaban J connectivity index is 2.48. The number of hydrogen-bond donors (Lipinski definition) is 0. The molecule has 0 unspecified atom stereocenters. The third kappa shape index (κ3) is 9.27. The van der Waals surface area contributed by atoms with Crippen molar-refractivity contribution in [2.75, 3.05) is 0 Å². The van der Waals surface area contributed by atoms with Crippen LogP contribution >= 0.6 is 33.2 Å². The van der Waals surface area contributed by atoms with Gasteiger partial charge in [0.05, 0.1) is 5.97 Å². The van der Waals surface area contributed by atoms with Gasteiger partial charge in [-0.3, -0.25) is 4.79 Å². The van der Waals surface area contributed by atoms with Gasteiger partial charge in [-0.2, -0.15) is 0 Å². The fourth-order valence-electron chi connectivity index (χ4n) is 1.81. The average Bonchev–Trinajstić information content (AvgIpc) is 2.46. The molecular weight excluding hydrogens is 398 g/mol. The molecule has 0 saturated heterocycles. The highest BCUT2D eigenvalue weighted by Gasteiger charge is 2.23. The van der Waals surface area contributed by atoms with E-state index in [4.69, 9.17) is 38.0 Å². The third-order valence-corrected chi connectivity index (χ3v) is 5.55. The molecule has 0 spiro atoms. The van der Waals surface area contributed by atoms with Crippen molar-refractivity contribution < 1.29 is 23.8 Å². The van der Waals surface area contributed by atoms with Crippen LogP contribution in [0.4, 0.5) is 4.39 Å². The van der Waals surface area contributed by atoms with E-state index >= 15 is 0 Å². The standard InChI is InChI=1S/C15H16Cl3FO4Si/c16-24(17,18)9-3-1-2-4-15(22)23-13-10-11(5-7-12(13)19)6-8-14(20)21/h5-8,10H,1-4,9H2,(H,20,21)/p-1/b8-6+. The zero-order valence-electron chi connectivity index (χ0n) is 12.6. The highest BCUT2D eigenvalue weighted by Crippen LogP contribution is 2.27. The molecule has 0 amide bonds. The number of aliphatic carboxylic acids is 1. The third-order valence-electron chi connectivity index (χ3n) is 2.93. The van der Waals surface area contributed by atoms with E-state index in [2.05, 4.69) is 0 Å². The normalized spacial score (nSPS) is 11.7. The minimum absolute atomic E-state index is 0.111. The molecule has 0 aliphatic heterocycles. The van der Waals surface area contributed by atoms with E-state index in [-0.39, 0.29) is 12.2 Å². The zero-order valence-corrected chi connectivity index (χ0v) is 15.8. The minimum atomic E-state index is -2.63. The second-order valence-corrected chi connectivity index (χ2v) is 14.3. The van der Waals surface area contributed by atoms with Gasteiger partial charge in [0.1, 0.15) is 0 Å². The number of benzene rings is 1. The number of carbonyl (C=O) groups is 2. The van der Waals surface area contributed by atoms with Crippen LogP contribution in [0.5, 0.6) is 5.75 Å². The summed E-state index contributed by atoms with van der Waals surface area (Å²) in [4.78, 5) is 22.1. The Morgan fingerprint density at radius 3 is 2.54 bits per heavy atom. The Morgan fingerprint density at radius 2 is 1.92 bits per heavy atom. The summed E-state index contributed by atoms with van der Waals surface area (Å²) in [6.45, 7) is 0. The minimum Gasteiger partial charge on any atom is -0.545 e. The molecule has 1 aromatic rings. The smallest absolute Gasteiger partial charge is 0.341 e. The molecule has 0 aliphatic carbocycles. The van der Waals surface area contributed by atoms with Gasteiger partial charge in [-0.1, -0.05) is 25.0 Å². The van der Waals surface area contributed by atoms with Gasteiger partial charge in [-0.05, 0) is 36.2 Å². The highest BCUT2D eigenvalue weighted by atomic mass is 35.8. The number of halogens is 4. The van der Waals surface area contributed by atoms with Gasteiger partial charge < -0.3 is 14.6 Å². The molecule has 0 radical (unpaired) electrons. The quantitative estimate of drug-likeness (QED) is 0.155. The monoisotopic (exact) mass is 411 g/mol. The lowest BCUT2D eigenvalue weighted by molar-refractivity contribution is -0.297. The maximum atomic E-state index is 13.6. The number of ether oxygens (including phenoxy) is 1. The fraction of sp³-hybridized carbons (Fsp3) is 0.333. The molecule has 1 aromatic carbocycles. The van der Waals surface area contributed by atoms with Crippen LogP contribution in [0.3, 0.4) is 0 Å². The average molecular weight is 413 g/mol. The van der Waals surface area contributed by atoms with Crippen molar-refractivity contribution in [3.63, 3.8) is 0 Å². The maximum absolute atomic E-state index is 13.6. The lowest BCUT2D eigenvalue weighted by atomic mass is 10.2. The molecule has 0 heterocycles. The van der Waals surface area contributed by atoms with E-state index in [1.807, 2.05) is 0 Å². The number of carboxylic acids is 1. The van der Waals surface area contributed by atoms with Gasteiger partial charge in [-0.25, -0.2) is 4.39 Å². The summed E-state index contributed by atoms with van der Waals surface area (Å²) in [7, 11) is 0. The lowest BCUT2D eigenvalue weighted by Crippen LogP contribution is -2.18. The molecule has 1 rings (SSSR count). The van der Waals surface area contributed by atoms with Crippen LogP contribution in [-0.4, -0.2) is 17.9 Å². The maximum Gasteiger partial charge on any atom is 0.341 e. The van der Waals surface area contributed by atoms with Gasteiger partial charge >= 0.3 is 12.0 Å². The summed E-state index contributed by atoms with van der Waals surface area (Å²) in [5.41, 5.74) is 0.371. The Kier molecular flexibility index (Phi) is 8.76. The Morgan fingerprint density at radius 1 is 1.21 bits per heavy atom. The molecule has 0 bridgehead atoms. The van der Waals surface area contributed by atoms with Crippen LogP contribution in [0.2, 0.25) is 6.04 Å². The first-order chi connectivity index (χ1) is 11.2. The van der Waals surface area contributed by atoms with Gasteiger partial charge in [0.15, 0.2) is 11.6 Å². The lowest BCUT2D eigenvalue weighted by Gasteiger charge is -2.08. The first-order valence-corrected chi connectivity index (χ1v) is 12.4. The number of hydrogen-bond acceptors (Lipinski definition) is 4. The van der Waals surface area contributed by atoms with Crippen molar-refractivity contribution in [1.82, 2.24) is 0 Å². The van der Waals surface area contributed by atoms with Crippen LogP contribution in [0.25, 0.3) is 6.08 Å². The van der Waals surface area contributed by atoms with Crippen molar-refractivity contribution in [3.8, 4) is 5.75 Å². The number of carbonyl (C=O) groups excluding carboxylic acids is 2. The predicted octanol–water partition coefficient (Wildman–Crippen LogP) is 3.71. The van der Waals surface area contributed by atoms with Gasteiger partial charge in [0.25, 0.3) is 0 Å². The summed E-state index contributed by atoms with van der Waals surface area (Å²) in [5.74, 6) is -2.93. The fourth-order valence-corrected chi connectivity index (χ4v) is 3.66. The van der Waals surface area contributed by atoms with E-state index in [0.717, 1.165) is 12.1 Å². The van der Waals surface area contributed by atoms with Crippen molar-refractivity contribution in [2.24, 2.45) is 0 Å². The summed E-state index contributed by atoms with van der Waals surface area (Å²) in [5, 5.41) is 10.4. The van der Waals surface area contributed by atoms with Crippen molar-refractivity contribution in [3.05, 3.63) is 35.7 Å². The summed E-state index contributed by atoms with van der Waals surface area (Å²) >= 11 is 17.2. The molecule has 24 heavy (non-hydrogen) atoms. The Bertz CT molecular complexity index is 617. The van der Waals surface area contributed by atoms with E-state index in [9.17, 15) is 19.1 Å². The van der Waals surface area contributed by atoms with Gasteiger partial charge in [-0.15, -0.1) is 33.2 Å². The predicted molar refractivity (Wildman–Crippen MR) is 92.7 cm³/mol. The summed E-state index contributed by atoms with van der Waals surface area (Å²) < 4.78 is 18.6. The second kappa shape index (κ2) is 10.0. The van der Waals surface area contributed by atoms with Crippen LogP contribution in [-0.2, 0) is 9.59 Å². The molecule has 0 fully saturated rings. The summed E-state index contributed by atoms with van der Waals surface area (Å²) in [6, 6.07) is 1.57. The number of carboxylic acid groups (broad SMARTS) is 1. The van der Waals surface area contributed by atoms with E-state index in [1.165, 1.54) is 18.2 Å². The van der Waals surface area contributed by atoms with E-state index in [0.29, 0.717) is 30.9 Å². The topological polar surface area (TPSA) is 66.4 Å². The molecule has 0 N–H and O–H groups in total. The number of unbranched alkanes of at least 4 members (excludes halogenated alkanes) is 2. The van der Waals surface area contributed by atoms with Crippen LogP contribution in [0.1, 0.15) is 31.2 Å². The van der Waals surface area contributed by atoms with Crippen molar-refractivity contribution in [1.29, 1.82) is 0 Å². The first kappa shape index (κ1) is 21.0. The van der Waals surface area contributed by atoms with Gasteiger partial charge in [0.2, 0.25) is 0 Å². The molecule has 4 nitrogen and oxygen atoms in total. The molecule has 9 heteroatoms. The zero-order chi connectivity index (χ0) is 18.2. The molecule has 0 atom stereocenters. The molecule has 132 valence electrons. The molecule has 0 aromatic heterocycles. The SMILES string of the molecule is O=C([O-])/C=C/c1ccc(F)c(OC(=O)CCCCC[Si](Cl)(Cl)Cl)c1. The Hall–Kier alpha value is -1.08. The van der Waals surface area contributed by atoms with E-state index < -0.39 is 23.8 Å². The van der Waals surface area contributed by atoms with Gasteiger partial charge in [0, 0.05) is 6.42 Å².